The third-order valence-electron chi connectivity index (χ3n) is 4.46. The molecule has 0 aliphatic carbocycles. The van der Waals surface area contributed by atoms with Crippen LogP contribution in [0.25, 0.3) is 10.1 Å². The van der Waals surface area contributed by atoms with E-state index < -0.39 is 0 Å². The SMILES string of the molecule is COc1ccc(OC)c2sc(N3CCN(c4ncccn4)CC3)cc12. The topological polar surface area (TPSA) is 50.7 Å². The average Bonchev–Trinajstić information content (AvgIpc) is 3.13. The second-order valence-electron chi connectivity index (χ2n) is 5.82. The Morgan fingerprint density at radius 1 is 0.920 bits per heavy atom. The molecule has 130 valence electrons. The number of fused-ring (bicyclic) bond motifs is 1. The Morgan fingerprint density at radius 2 is 1.56 bits per heavy atom. The Balaban J connectivity index is 1.57. The maximum absolute atomic E-state index is 5.51. The van der Waals surface area contributed by atoms with E-state index in [1.807, 2.05) is 18.2 Å². The highest BCUT2D eigenvalue weighted by atomic mass is 32.1. The lowest BCUT2D eigenvalue weighted by molar-refractivity contribution is 0.411. The minimum Gasteiger partial charge on any atom is -0.496 e. The first kappa shape index (κ1) is 16.0. The number of anilines is 2. The van der Waals surface area contributed by atoms with Gasteiger partial charge in [-0.25, -0.2) is 9.97 Å². The van der Waals surface area contributed by atoms with Gasteiger partial charge in [0.25, 0.3) is 0 Å². The van der Waals surface area contributed by atoms with E-state index in [0.29, 0.717) is 0 Å². The zero-order chi connectivity index (χ0) is 17.2. The van der Waals surface area contributed by atoms with Gasteiger partial charge >= 0.3 is 0 Å². The summed E-state index contributed by atoms with van der Waals surface area (Å²) in [4.78, 5) is 13.3. The number of hydrogen-bond donors (Lipinski definition) is 0. The van der Waals surface area contributed by atoms with Crippen molar-refractivity contribution in [2.75, 3.05) is 50.2 Å². The summed E-state index contributed by atoms with van der Waals surface area (Å²) in [6.07, 6.45) is 3.58. The summed E-state index contributed by atoms with van der Waals surface area (Å²) < 4.78 is 12.2. The second-order valence-corrected chi connectivity index (χ2v) is 6.85. The number of piperazine rings is 1. The fourth-order valence-electron chi connectivity index (χ4n) is 3.14. The number of ether oxygens (including phenoxy) is 2. The summed E-state index contributed by atoms with van der Waals surface area (Å²) in [5.74, 6) is 2.58. The van der Waals surface area contributed by atoms with Gasteiger partial charge in [0, 0.05) is 44.0 Å². The molecule has 0 spiro atoms. The number of hydrogen-bond acceptors (Lipinski definition) is 7. The Bertz CT molecular complexity index is 819. The molecule has 0 unspecified atom stereocenters. The highest BCUT2D eigenvalue weighted by Crippen LogP contribution is 2.42. The quantitative estimate of drug-likeness (QED) is 0.716. The van der Waals surface area contributed by atoms with Crippen molar-refractivity contribution in [1.29, 1.82) is 0 Å². The molecule has 0 bridgehead atoms. The summed E-state index contributed by atoms with van der Waals surface area (Å²) in [5, 5.41) is 2.35. The van der Waals surface area contributed by atoms with Crippen LogP contribution in [0.15, 0.2) is 36.7 Å². The van der Waals surface area contributed by atoms with Gasteiger partial charge in [0.1, 0.15) is 11.5 Å². The fraction of sp³-hybridized carbons (Fsp3) is 0.333. The van der Waals surface area contributed by atoms with Crippen LogP contribution in [0.5, 0.6) is 11.5 Å². The molecule has 1 aliphatic heterocycles. The third kappa shape index (κ3) is 2.95. The van der Waals surface area contributed by atoms with Crippen molar-refractivity contribution >= 4 is 32.4 Å². The standard InChI is InChI=1S/C18H20N4O2S/c1-23-14-4-5-15(24-2)17-13(14)12-16(25-17)21-8-10-22(11-9-21)18-19-6-3-7-20-18/h3-7,12H,8-11H2,1-2H3. The van der Waals surface area contributed by atoms with Gasteiger partial charge in [-0.1, -0.05) is 0 Å². The van der Waals surface area contributed by atoms with Crippen molar-refractivity contribution in [1.82, 2.24) is 9.97 Å². The lowest BCUT2D eigenvalue weighted by Crippen LogP contribution is -2.46. The van der Waals surface area contributed by atoms with Crippen LogP contribution in [0.4, 0.5) is 10.9 Å². The van der Waals surface area contributed by atoms with Gasteiger partial charge in [0.05, 0.1) is 23.9 Å². The van der Waals surface area contributed by atoms with Gasteiger partial charge in [-0.3, -0.25) is 0 Å². The molecule has 3 aromatic rings. The highest BCUT2D eigenvalue weighted by molar-refractivity contribution is 7.23. The van der Waals surface area contributed by atoms with E-state index in [1.54, 1.807) is 38.0 Å². The molecule has 3 heterocycles. The number of rotatable bonds is 4. The predicted octanol–water partition coefficient (Wildman–Crippen LogP) is 3.04. The van der Waals surface area contributed by atoms with Crippen LogP contribution in [0.1, 0.15) is 0 Å². The Labute approximate surface area is 150 Å². The van der Waals surface area contributed by atoms with Gasteiger partial charge in [0.15, 0.2) is 0 Å². The van der Waals surface area contributed by atoms with Gasteiger partial charge < -0.3 is 19.3 Å². The van der Waals surface area contributed by atoms with E-state index >= 15 is 0 Å². The zero-order valence-corrected chi connectivity index (χ0v) is 15.1. The van der Waals surface area contributed by atoms with Gasteiger partial charge in [-0.05, 0) is 24.3 Å². The smallest absolute Gasteiger partial charge is 0.225 e. The van der Waals surface area contributed by atoms with E-state index in [1.165, 1.54) is 5.00 Å². The summed E-state index contributed by atoms with van der Waals surface area (Å²) >= 11 is 1.75. The van der Waals surface area contributed by atoms with Crippen LogP contribution in [0, 0.1) is 0 Å². The fourth-order valence-corrected chi connectivity index (χ4v) is 4.36. The van der Waals surface area contributed by atoms with Crippen LogP contribution in [-0.4, -0.2) is 50.4 Å². The first-order chi connectivity index (χ1) is 12.3. The van der Waals surface area contributed by atoms with Crippen molar-refractivity contribution in [3.05, 3.63) is 36.7 Å². The van der Waals surface area contributed by atoms with Crippen molar-refractivity contribution in [2.45, 2.75) is 0 Å². The van der Waals surface area contributed by atoms with Crippen molar-refractivity contribution in [3.8, 4) is 11.5 Å². The molecule has 25 heavy (non-hydrogen) atoms. The van der Waals surface area contributed by atoms with E-state index in [-0.39, 0.29) is 0 Å². The molecule has 0 N–H and O–H groups in total. The van der Waals surface area contributed by atoms with E-state index in [2.05, 4.69) is 25.8 Å². The molecule has 0 atom stereocenters. The van der Waals surface area contributed by atoms with E-state index in [0.717, 1.165) is 53.7 Å². The molecule has 1 fully saturated rings. The number of nitrogens with zero attached hydrogens (tertiary/aromatic N) is 4. The van der Waals surface area contributed by atoms with Crippen molar-refractivity contribution in [2.24, 2.45) is 0 Å². The van der Waals surface area contributed by atoms with Crippen LogP contribution in [0.3, 0.4) is 0 Å². The van der Waals surface area contributed by atoms with Crippen LogP contribution < -0.4 is 19.3 Å². The van der Waals surface area contributed by atoms with Crippen LogP contribution in [-0.2, 0) is 0 Å². The number of methoxy groups -OCH3 is 2. The molecule has 7 heteroatoms. The van der Waals surface area contributed by atoms with Gasteiger partial charge in [-0.2, -0.15) is 0 Å². The molecular formula is C18H20N4O2S. The van der Waals surface area contributed by atoms with Crippen LogP contribution >= 0.6 is 11.3 Å². The molecule has 1 aromatic carbocycles. The summed E-state index contributed by atoms with van der Waals surface area (Å²) in [5.41, 5.74) is 0. The maximum Gasteiger partial charge on any atom is 0.225 e. The highest BCUT2D eigenvalue weighted by Gasteiger charge is 2.21. The number of aromatic nitrogens is 2. The monoisotopic (exact) mass is 356 g/mol. The lowest BCUT2D eigenvalue weighted by atomic mass is 10.2. The largest absolute Gasteiger partial charge is 0.496 e. The lowest BCUT2D eigenvalue weighted by Gasteiger charge is -2.35. The molecule has 2 aromatic heterocycles. The second kappa shape index (κ2) is 6.76. The molecular weight excluding hydrogens is 336 g/mol. The van der Waals surface area contributed by atoms with E-state index in [4.69, 9.17) is 9.47 Å². The molecule has 4 rings (SSSR count). The predicted molar refractivity (Wildman–Crippen MR) is 101 cm³/mol. The maximum atomic E-state index is 5.51. The Morgan fingerprint density at radius 3 is 2.24 bits per heavy atom. The van der Waals surface area contributed by atoms with Gasteiger partial charge in [-0.15, -0.1) is 11.3 Å². The summed E-state index contributed by atoms with van der Waals surface area (Å²) in [6.45, 7) is 3.70. The third-order valence-corrected chi connectivity index (χ3v) is 5.67. The summed E-state index contributed by atoms with van der Waals surface area (Å²) in [6, 6.07) is 7.97. The minimum absolute atomic E-state index is 0.807. The summed E-state index contributed by atoms with van der Waals surface area (Å²) in [7, 11) is 3.41. The minimum atomic E-state index is 0.807. The normalized spacial score (nSPS) is 14.8. The van der Waals surface area contributed by atoms with Gasteiger partial charge in [0.2, 0.25) is 5.95 Å². The average molecular weight is 356 g/mol. The molecule has 1 aliphatic rings. The number of thiophene rings is 1. The zero-order valence-electron chi connectivity index (χ0n) is 14.3. The first-order valence-corrected chi connectivity index (χ1v) is 9.03. The van der Waals surface area contributed by atoms with Crippen LogP contribution in [0.2, 0.25) is 0 Å². The molecule has 0 radical (unpaired) electrons. The molecule has 1 saturated heterocycles. The number of benzene rings is 1. The Kier molecular flexibility index (Phi) is 4.31. The molecule has 0 saturated carbocycles. The van der Waals surface area contributed by atoms with Crippen molar-refractivity contribution < 1.29 is 9.47 Å². The Hall–Kier alpha value is -2.54. The first-order valence-electron chi connectivity index (χ1n) is 8.21. The molecule has 0 amide bonds. The molecule has 6 nitrogen and oxygen atoms in total. The van der Waals surface area contributed by atoms with E-state index in [9.17, 15) is 0 Å². The van der Waals surface area contributed by atoms with Crippen molar-refractivity contribution in [3.63, 3.8) is 0 Å².